The van der Waals surface area contributed by atoms with Crippen molar-refractivity contribution in [3.63, 3.8) is 0 Å². The number of methoxy groups -OCH3 is 1. The van der Waals surface area contributed by atoms with Crippen LogP contribution in [-0.4, -0.2) is 49.5 Å². The van der Waals surface area contributed by atoms with E-state index >= 15 is 0 Å². The van der Waals surface area contributed by atoms with Gasteiger partial charge in [0, 0.05) is 17.5 Å². The SMILES string of the molecule is COc1ccccc1[C@H](CNC(=O)[C@@H](NC(=O)C12CC3CC(CC(C3)C1)C2)C(C)C)N1CCCC1. The highest BCUT2D eigenvalue weighted by molar-refractivity contribution is 5.90. The van der Waals surface area contributed by atoms with Crippen molar-refractivity contribution in [3.05, 3.63) is 29.8 Å². The molecule has 0 unspecified atom stereocenters. The van der Waals surface area contributed by atoms with Crippen molar-refractivity contribution in [3.8, 4) is 5.75 Å². The average Bonchev–Trinajstić information content (AvgIpc) is 3.36. The lowest BCUT2D eigenvalue weighted by molar-refractivity contribution is -0.149. The summed E-state index contributed by atoms with van der Waals surface area (Å²) in [6.45, 7) is 6.62. The van der Waals surface area contributed by atoms with Gasteiger partial charge in [-0.3, -0.25) is 14.5 Å². The zero-order valence-corrected chi connectivity index (χ0v) is 21.7. The van der Waals surface area contributed by atoms with Crippen LogP contribution in [0.3, 0.4) is 0 Å². The van der Waals surface area contributed by atoms with Gasteiger partial charge < -0.3 is 15.4 Å². The van der Waals surface area contributed by atoms with Crippen molar-refractivity contribution in [1.82, 2.24) is 15.5 Å². The summed E-state index contributed by atoms with van der Waals surface area (Å²) < 4.78 is 5.65. The van der Waals surface area contributed by atoms with E-state index in [1.54, 1.807) is 7.11 Å². The van der Waals surface area contributed by atoms with Crippen LogP contribution in [0.4, 0.5) is 0 Å². The van der Waals surface area contributed by atoms with Gasteiger partial charge in [0.15, 0.2) is 0 Å². The van der Waals surface area contributed by atoms with E-state index in [2.05, 4.69) is 21.6 Å². The lowest BCUT2D eigenvalue weighted by Gasteiger charge is -2.55. The number of carbonyl (C=O) groups excluding carboxylic acids is 2. The van der Waals surface area contributed by atoms with Crippen LogP contribution in [0.2, 0.25) is 0 Å². The summed E-state index contributed by atoms with van der Waals surface area (Å²) in [7, 11) is 1.70. The molecule has 5 fully saturated rings. The lowest BCUT2D eigenvalue weighted by Crippen LogP contribution is -2.58. The van der Waals surface area contributed by atoms with Crippen molar-refractivity contribution < 1.29 is 14.3 Å². The average molecular weight is 482 g/mol. The molecule has 35 heavy (non-hydrogen) atoms. The molecule has 1 aliphatic heterocycles. The maximum atomic E-state index is 13.7. The van der Waals surface area contributed by atoms with Gasteiger partial charge in [-0.2, -0.15) is 0 Å². The predicted molar refractivity (Wildman–Crippen MR) is 137 cm³/mol. The number of amides is 2. The Balaban J connectivity index is 1.27. The van der Waals surface area contributed by atoms with Crippen LogP contribution < -0.4 is 15.4 Å². The first-order valence-corrected chi connectivity index (χ1v) is 13.8. The largest absolute Gasteiger partial charge is 0.496 e. The Hall–Kier alpha value is -2.08. The van der Waals surface area contributed by atoms with Crippen LogP contribution in [-0.2, 0) is 9.59 Å². The van der Waals surface area contributed by atoms with Gasteiger partial charge in [0.2, 0.25) is 11.8 Å². The third-order valence-corrected chi connectivity index (χ3v) is 9.30. The lowest BCUT2D eigenvalue weighted by atomic mass is 9.49. The number of hydrogen-bond donors (Lipinski definition) is 2. The van der Waals surface area contributed by atoms with Gasteiger partial charge in [0.25, 0.3) is 0 Å². The molecular formula is C29H43N3O3. The molecule has 1 aromatic rings. The minimum absolute atomic E-state index is 0.0318. The van der Waals surface area contributed by atoms with E-state index in [1.165, 1.54) is 32.1 Å². The Morgan fingerprint density at radius 3 is 2.20 bits per heavy atom. The zero-order chi connectivity index (χ0) is 24.6. The maximum absolute atomic E-state index is 13.7. The molecule has 6 rings (SSSR count). The Kier molecular flexibility index (Phi) is 7.11. The smallest absolute Gasteiger partial charge is 0.242 e. The summed E-state index contributed by atoms with van der Waals surface area (Å²) in [5.74, 6) is 3.07. The van der Waals surface area contributed by atoms with Crippen LogP contribution in [0.5, 0.6) is 5.75 Å². The summed E-state index contributed by atoms with van der Waals surface area (Å²) in [5, 5.41) is 6.46. The van der Waals surface area contributed by atoms with Gasteiger partial charge in [-0.1, -0.05) is 32.0 Å². The number of carbonyl (C=O) groups is 2. The predicted octanol–water partition coefficient (Wildman–Crippen LogP) is 4.31. The number of hydrogen-bond acceptors (Lipinski definition) is 4. The quantitative estimate of drug-likeness (QED) is 0.552. The number of nitrogens with zero attached hydrogens (tertiary/aromatic N) is 1. The summed E-state index contributed by atoms with van der Waals surface area (Å²) in [5.41, 5.74) is 0.869. The van der Waals surface area contributed by atoms with Gasteiger partial charge in [0.1, 0.15) is 11.8 Å². The molecule has 4 bridgehead atoms. The van der Waals surface area contributed by atoms with Crippen molar-refractivity contribution in [2.45, 2.75) is 77.3 Å². The van der Waals surface area contributed by atoms with Gasteiger partial charge in [0.05, 0.1) is 13.2 Å². The summed E-state index contributed by atoms with van der Waals surface area (Å²) in [6.07, 6.45) is 9.32. The highest BCUT2D eigenvalue weighted by Crippen LogP contribution is 2.60. The van der Waals surface area contributed by atoms with Gasteiger partial charge in [-0.25, -0.2) is 0 Å². The van der Waals surface area contributed by atoms with Crippen LogP contribution in [0.1, 0.15) is 76.8 Å². The summed E-state index contributed by atoms with van der Waals surface area (Å²) in [4.78, 5) is 29.6. The van der Waals surface area contributed by atoms with Crippen molar-refractivity contribution in [1.29, 1.82) is 0 Å². The highest BCUT2D eigenvalue weighted by Gasteiger charge is 2.55. The molecular weight excluding hydrogens is 438 g/mol. The highest BCUT2D eigenvalue weighted by atomic mass is 16.5. The van der Waals surface area contributed by atoms with E-state index in [4.69, 9.17) is 4.74 Å². The molecule has 2 atom stereocenters. The molecule has 2 amide bonds. The maximum Gasteiger partial charge on any atom is 0.242 e. The number of para-hydroxylation sites is 1. The van der Waals surface area contributed by atoms with Crippen molar-refractivity contribution >= 4 is 11.8 Å². The van der Waals surface area contributed by atoms with Crippen LogP contribution in [0, 0.1) is 29.1 Å². The Labute approximate surface area is 210 Å². The fourth-order valence-corrected chi connectivity index (χ4v) is 7.96. The fourth-order valence-electron chi connectivity index (χ4n) is 7.96. The van der Waals surface area contributed by atoms with E-state index in [0.29, 0.717) is 24.3 Å². The van der Waals surface area contributed by atoms with E-state index in [1.807, 2.05) is 32.0 Å². The van der Waals surface area contributed by atoms with E-state index in [-0.39, 0.29) is 29.2 Å². The Bertz CT molecular complexity index is 888. The Morgan fingerprint density at radius 2 is 1.63 bits per heavy atom. The molecule has 6 heteroatoms. The van der Waals surface area contributed by atoms with Gasteiger partial charge in [-0.15, -0.1) is 0 Å². The van der Waals surface area contributed by atoms with Crippen molar-refractivity contribution in [2.75, 3.05) is 26.7 Å². The normalized spacial score (nSPS) is 31.4. The summed E-state index contributed by atoms with van der Waals surface area (Å²) in [6, 6.07) is 7.66. The minimum atomic E-state index is -0.507. The molecule has 1 aromatic carbocycles. The first-order chi connectivity index (χ1) is 16.9. The first-order valence-electron chi connectivity index (χ1n) is 13.8. The molecule has 0 spiro atoms. The van der Waals surface area contributed by atoms with Crippen LogP contribution >= 0.6 is 0 Å². The third-order valence-electron chi connectivity index (χ3n) is 9.30. The summed E-state index contributed by atoms with van der Waals surface area (Å²) >= 11 is 0. The fraction of sp³-hybridized carbons (Fsp3) is 0.724. The first kappa shape index (κ1) is 24.6. The Morgan fingerprint density at radius 1 is 1.03 bits per heavy atom. The van der Waals surface area contributed by atoms with E-state index in [0.717, 1.165) is 43.7 Å². The number of likely N-dealkylation sites (tertiary alicyclic amines) is 1. The number of nitrogens with one attached hydrogen (secondary N) is 2. The number of ether oxygens (including phenoxy) is 1. The topological polar surface area (TPSA) is 70.7 Å². The second-order valence-electron chi connectivity index (χ2n) is 12.1. The van der Waals surface area contributed by atoms with Gasteiger partial charge >= 0.3 is 0 Å². The van der Waals surface area contributed by atoms with Crippen molar-refractivity contribution in [2.24, 2.45) is 29.1 Å². The molecule has 1 saturated heterocycles. The number of benzene rings is 1. The third kappa shape index (κ3) is 4.96. The minimum Gasteiger partial charge on any atom is -0.496 e. The van der Waals surface area contributed by atoms with E-state index < -0.39 is 6.04 Å². The molecule has 2 N–H and O–H groups in total. The molecule has 6 nitrogen and oxygen atoms in total. The van der Waals surface area contributed by atoms with Gasteiger partial charge in [-0.05, 0) is 94.2 Å². The van der Waals surface area contributed by atoms with E-state index in [9.17, 15) is 9.59 Å². The molecule has 4 aliphatic carbocycles. The zero-order valence-electron chi connectivity index (χ0n) is 21.7. The molecule has 1 heterocycles. The molecule has 5 aliphatic rings. The standard InChI is InChI=1S/C29H43N3O3/c1-19(2)26(31-28(34)29-15-20-12-21(16-29)14-22(13-20)17-29)27(33)30-18-24(32-10-6-7-11-32)23-8-4-5-9-25(23)35-3/h4-5,8-9,19-22,24,26H,6-7,10-18H2,1-3H3,(H,30,33)(H,31,34)/t20?,21?,22?,24-,26-,29?/m0/s1. The molecule has 0 aromatic heterocycles. The van der Waals surface area contributed by atoms with Crippen LogP contribution in [0.15, 0.2) is 24.3 Å². The van der Waals surface area contributed by atoms with Crippen LogP contribution in [0.25, 0.3) is 0 Å². The molecule has 192 valence electrons. The molecule has 4 saturated carbocycles. The second-order valence-corrected chi connectivity index (χ2v) is 12.1. The monoisotopic (exact) mass is 481 g/mol. The number of rotatable bonds is 9. The second kappa shape index (κ2) is 10.1. The molecule has 0 radical (unpaired) electrons.